The van der Waals surface area contributed by atoms with Crippen LogP contribution in [0, 0.1) is 11.3 Å². The minimum atomic E-state index is -4.76. The van der Waals surface area contributed by atoms with Gasteiger partial charge in [-0.25, -0.2) is 4.57 Å². The van der Waals surface area contributed by atoms with E-state index in [9.17, 15) is 24.7 Å². The second kappa shape index (κ2) is 11.7. The monoisotopic (exact) mass is 491 g/mol. The Morgan fingerprint density at radius 1 is 1.00 bits per heavy atom. The molecule has 2 fully saturated rings. The fourth-order valence-corrected chi connectivity index (χ4v) is 5.96. The summed E-state index contributed by atoms with van der Waals surface area (Å²) in [6.45, 7) is -0.546. The minimum Gasteiger partial charge on any atom is -0.388 e. The van der Waals surface area contributed by atoms with Gasteiger partial charge in [0.1, 0.15) is 24.5 Å². The number of allylic oxidation sites excluding steroid dienone is 1. The molecule has 11 heteroatoms. The number of aliphatic hydroxyl groups is 3. The van der Waals surface area contributed by atoms with Crippen molar-refractivity contribution >= 4 is 13.7 Å². The van der Waals surface area contributed by atoms with Crippen LogP contribution in [0.25, 0.3) is 0 Å². The summed E-state index contributed by atoms with van der Waals surface area (Å²) in [4.78, 5) is 30.3. The van der Waals surface area contributed by atoms with Crippen molar-refractivity contribution in [3.05, 3.63) is 12.2 Å². The summed E-state index contributed by atoms with van der Waals surface area (Å²) < 4.78 is 21.7. The molecule has 1 saturated heterocycles. The van der Waals surface area contributed by atoms with Crippen LogP contribution in [0.15, 0.2) is 12.2 Å². The Morgan fingerprint density at radius 3 is 2.36 bits per heavy atom. The lowest BCUT2D eigenvalue weighted by molar-refractivity contribution is -0.120. The molecule has 0 aromatic heterocycles. The number of carbonyl (C=O) groups is 1. The van der Waals surface area contributed by atoms with Gasteiger partial charge in [-0.3, -0.25) is 9.32 Å². The maximum atomic E-state index is 12.2. The molecule has 6 N–H and O–H groups in total. The van der Waals surface area contributed by atoms with Crippen LogP contribution in [-0.4, -0.2) is 68.3 Å². The summed E-state index contributed by atoms with van der Waals surface area (Å²) in [6, 6.07) is 0. The van der Waals surface area contributed by atoms with Crippen LogP contribution in [0.1, 0.15) is 70.6 Å². The summed E-state index contributed by atoms with van der Waals surface area (Å²) >= 11 is 0. The SMILES string of the molecule is O=C1/C=C\C2(CCCCCCCCCC2C2OC(COP(=O)(O)O)C(O)C2O)CCC(O)N1. The van der Waals surface area contributed by atoms with Gasteiger partial charge in [-0.05, 0) is 43.1 Å². The van der Waals surface area contributed by atoms with Crippen molar-refractivity contribution in [2.75, 3.05) is 6.61 Å². The number of amides is 1. The molecule has 1 aliphatic carbocycles. The number of hydrogen-bond donors (Lipinski definition) is 6. The molecule has 3 aliphatic rings. The van der Waals surface area contributed by atoms with Crippen LogP contribution in [0.4, 0.5) is 0 Å². The maximum Gasteiger partial charge on any atom is 0.469 e. The molecule has 7 atom stereocenters. The zero-order valence-electron chi connectivity index (χ0n) is 18.9. The number of nitrogens with one attached hydrogen (secondary N) is 1. The summed E-state index contributed by atoms with van der Waals surface area (Å²) in [6.07, 6.45) is 7.53. The first kappa shape index (κ1) is 26.8. The fraction of sp³-hybridized carbons (Fsp3) is 0.864. The highest BCUT2D eigenvalue weighted by molar-refractivity contribution is 7.46. The second-order valence-electron chi connectivity index (χ2n) is 9.66. The van der Waals surface area contributed by atoms with E-state index in [1.807, 2.05) is 6.08 Å². The largest absolute Gasteiger partial charge is 0.469 e. The Labute approximate surface area is 194 Å². The van der Waals surface area contributed by atoms with Crippen LogP contribution in [-0.2, 0) is 18.6 Å². The first-order valence-corrected chi connectivity index (χ1v) is 13.5. The lowest BCUT2D eigenvalue weighted by Gasteiger charge is -2.44. The maximum absolute atomic E-state index is 12.2. The van der Waals surface area contributed by atoms with Gasteiger partial charge < -0.3 is 35.2 Å². The van der Waals surface area contributed by atoms with Gasteiger partial charge in [-0.15, -0.1) is 0 Å². The highest BCUT2D eigenvalue weighted by Crippen LogP contribution is 2.49. The average Bonchev–Trinajstić information content (AvgIpc) is 2.99. The van der Waals surface area contributed by atoms with E-state index in [2.05, 4.69) is 9.84 Å². The predicted octanol–water partition coefficient (Wildman–Crippen LogP) is 1.50. The molecule has 1 spiro atoms. The van der Waals surface area contributed by atoms with E-state index in [0.29, 0.717) is 19.3 Å². The molecule has 2 heterocycles. The Kier molecular flexibility index (Phi) is 9.51. The molecule has 33 heavy (non-hydrogen) atoms. The predicted molar refractivity (Wildman–Crippen MR) is 119 cm³/mol. The third-order valence-corrected chi connectivity index (χ3v) is 7.84. The Bertz CT molecular complexity index is 729. The zero-order valence-corrected chi connectivity index (χ0v) is 19.8. The lowest BCUT2D eigenvalue weighted by atomic mass is 9.63. The molecule has 0 aromatic carbocycles. The van der Waals surface area contributed by atoms with Crippen molar-refractivity contribution in [1.29, 1.82) is 0 Å². The van der Waals surface area contributed by atoms with E-state index in [-0.39, 0.29) is 11.8 Å². The number of phosphoric acid groups is 1. The smallest absolute Gasteiger partial charge is 0.388 e. The third kappa shape index (κ3) is 7.32. The number of aliphatic hydroxyl groups excluding tert-OH is 3. The summed E-state index contributed by atoms with van der Waals surface area (Å²) in [7, 11) is -4.76. The van der Waals surface area contributed by atoms with E-state index in [0.717, 1.165) is 51.4 Å². The van der Waals surface area contributed by atoms with E-state index in [1.54, 1.807) is 0 Å². The van der Waals surface area contributed by atoms with Gasteiger partial charge in [-0.2, -0.15) is 0 Å². The molecule has 0 radical (unpaired) electrons. The second-order valence-corrected chi connectivity index (χ2v) is 10.9. The summed E-state index contributed by atoms with van der Waals surface area (Å²) in [5.41, 5.74) is -0.534. The zero-order chi connectivity index (χ0) is 24.1. The highest BCUT2D eigenvalue weighted by atomic mass is 31.2. The molecule has 1 amide bonds. The molecule has 190 valence electrons. The standard InChI is InChI=1S/C22H38NO9P/c24-17-9-12-22(13-10-18(25)23-17)11-7-5-3-1-2-4-6-8-15(22)21-20(27)19(26)16(32-21)14-31-33(28,29)30/h9,12,15-16,18-21,25-27H,1-8,10-11,13-14H2,(H,23,24)(H2,28,29,30)/b12-9-. The lowest BCUT2D eigenvalue weighted by Crippen LogP contribution is -2.46. The summed E-state index contributed by atoms with van der Waals surface area (Å²) in [5, 5.41) is 34.2. The molecular weight excluding hydrogens is 453 g/mol. The van der Waals surface area contributed by atoms with Gasteiger partial charge in [0.2, 0.25) is 5.91 Å². The van der Waals surface area contributed by atoms with Crippen molar-refractivity contribution in [3.63, 3.8) is 0 Å². The Balaban J connectivity index is 1.91. The van der Waals surface area contributed by atoms with Crippen LogP contribution in [0.2, 0.25) is 0 Å². The van der Waals surface area contributed by atoms with E-state index >= 15 is 0 Å². The van der Waals surface area contributed by atoms with Crippen molar-refractivity contribution in [2.45, 2.75) is 101 Å². The minimum absolute atomic E-state index is 0.255. The molecule has 2 aliphatic heterocycles. The van der Waals surface area contributed by atoms with Gasteiger partial charge in [0, 0.05) is 0 Å². The topological polar surface area (TPSA) is 166 Å². The Hall–Kier alpha value is -0.840. The first-order chi connectivity index (χ1) is 15.6. The van der Waals surface area contributed by atoms with Crippen molar-refractivity contribution in [2.24, 2.45) is 11.3 Å². The van der Waals surface area contributed by atoms with Crippen LogP contribution >= 0.6 is 7.82 Å². The van der Waals surface area contributed by atoms with Crippen molar-refractivity contribution in [3.8, 4) is 0 Å². The molecule has 10 nitrogen and oxygen atoms in total. The molecular formula is C22H38NO9P. The van der Waals surface area contributed by atoms with Gasteiger partial charge in [0.25, 0.3) is 0 Å². The van der Waals surface area contributed by atoms with Gasteiger partial charge in [-0.1, -0.05) is 51.0 Å². The number of phosphoric ester groups is 1. The van der Waals surface area contributed by atoms with E-state index in [4.69, 9.17) is 14.5 Å². The van der Waals surface area contributed by atoms with E-state index in [1.165, 1.54) is 6.08 Å². The van der Waals surface area contributed by atoms with Crippen molar-refractivity contribution < 1.29 is 43.7 Å². The van der Waals surface area contributed by atoms with Crippen LogP contribution in [0.3, 0.4) is 0 Å². The molecule has 0 aromatic rings. The molecule has 7 unspecified atom stereocenters. The number of ether oxygens (including phenoxy) is 1. The molecule has 3 rings (SSSR count). The number of rotatable bonds is 4. The molecule has 1 saturated carbocycles. The van der Waals surface area contributed by atoms with Crippen molar-refractivity contribution in [1.82, 2.24) is 5.32 Å². The quantitative estimate of drug-likeness (QED) is 0.320. The summed E-state index contributed by atoms with van der Waals surface area (Å²) in [5.74, 6) is -0.634. The van der Waals surface area contributed by atoms with Gasteiger partial charge in [0.05, 0.1) is 12.7 Å². The van der Waals surface area contributed by atoms with Crippen LogP contribution < -0.4 is 5.32 Å². The molecule has 0 bridgehead atoms. The Morgan fingerprint density at radius 2 is 1.67 bits per heavy atom. The number of carbonyl (C=O) groups excluding carboxylic acids is 1. The van der Waals surface area contributed by atoms with Gasteiger partial charge >= 0.3 is 7.82 Å². The fourth-order valence-electron chi connectivity index (χ4n) is 5.62. The normalized spacial score (nSPS) is 40.5. The average molecular weight is 492 g/mol. The van der Waals surface area contributed by atoms with Crippen LogP contribution in [0.5, 0.6) is 0 Å². The number of hydrogen-bond acceptors (Lipinski definition) is 7. The first-order valence-electron chi connectivity index (χ1n) is 12.0. The third-order valence-electron chi connectivity index (χ3n) is 7.36. The van der Waals surface area contributed by atoms with E-state index < -0.39 is 50.5 Å². The highest BCUT2D eigenvalue weighted by Gasteiger charge is 2.52. The van der Waals surface area contributed by atoms with Gasteiger partial charge in [0.15, 0.2) is 0 Å².